The van der Waals surface area contributed by atoms with Gasteiger partial charge in [-0.2, -0.15) is 0 Å². The summed E-state index contributed by atoms with van der Waals surface area (Å²) in [6.07, 6.45) is 2.00. The van der Waals surface area contributed by atoms with Crippen molar-refractivity contribution in [1.29, 1.82) is 0 Å². The number of halogens is 2. The number of aromatic nitrogens is 1. The number of fused-ring (bicyclic) bond motifs is 3. The Labute approximate surface area is 188 Å². The molecule has 154 valence electrons. The number of carbonyl (C=O) groups is 1. The number of benzene rings is 3. The number of anilines is 1. The monoisotopic (exact) mass is 475 g/mol. The fourth-order valence-electron chi connectivity index (χ4n) is 4.06. The minimum absolute atomic E-state index is 0.221. The normalized spacial score (nSPS) is 15.0. The number of carbonyl (C=O) groups excluding carboxylic acids is 1. The van der Waals surface area contributed by atoms with Crippen LogP contribution in [0.2, 0.25) is 0 Å². The van der Waals surface area contributed by atoms with Gasteiger partial charge in [-0.05, 0) is 65.7 Å². The van der Waals surface area contributed by atoms with Crippen LogP contribution in [0.15, 0.2) is 95.6 Å². The zero-order valence-corrected chi connectivity index (χ0v) is 18.1. The van der Waals surface area contributed by atoms with Gasteiger partial charge < -0.3 is 14.8 Å². The zero-order valence-electron chi connectivity index (χ0n) is 16.5. The molecule has 2 heterocycles. The highest BCUT2D eigenvalue weighted by Crippen LogP contribution is 2.37. The highest BCUT2D eigenvalue weighted by atomic mass is 79.9. The number of nitrogens with one attached hydrogen (secondary N) is 1. The third-order valence-electron chi connectivity index (χ3n) is 5.51. The summed E-state index contributed by atoms with van der Waals surface area (Å²) in [5.41, 5.74) is 4.57. The molecular formula is C25H19BrFN3O. The van der Waals surface area contributed by atoms with E-state index in [9.17, 15) is 9.18 Å². The summed E-state index contributed by atoms with van der Waals surface area (Å²) in [7, 11) is 0. The molecule has 0 radical (unpaired) electrons. The lowest BCUT2D eigenvalue weighted by Gasteiger charge is -2.31. The van der Waals surface area contributed by atoms with Crippen LogP contribution in [0.4, 0.5) is 14.9 Å². The quantitative estimate of drug-likeness (QED) is 0.352. The lowest BCUT2D eigenvalue weighted by atomic mass is 10.0. The maximum Gasteiger partial charge on any atom is 0.322 e. The van der Waals surface area contributed by atoms with E-state index < -0.39 is 0 Å². The summed E-state index contributed by atoms with van der Waals surface area (Å²) >= 11 is 3.42. The SMILES string of the molecule is O=C(Nc1ccc(Br)cc1)N1Cc2ccccc2-n2cccc2[C@@H]1c1ccc(F)cc1. The summed E-state index contributed by atoms with van der Waals surface area (Å²) < 4.78 is 16.7. The van der Waals surface area contributed by atoms with Crippen molar-refractivity contribution in [2.75, 3.05) is 5.32 Å². The summed E-state index contributed by atoms with van der Waals surface area (Å²) in [5.74, 6) is -0.304. The molecule has 3 aromatic carbocycles. The largest absolute Gasteiger partial charge is 0.322 e. The predicted octanol–water partition coefficient (Wildman–Crippen LogP) is 6.52. The van der Waals surface area contributed by atoms with E-state index in [4.69, 9.17) is 0 Å². The zero-order chi connectivity index (χ0) is 21.4. The van der Waals surface area contributed by atoms with Crippen LogP contribution in [-0.4, -0.2) is 15.5 Å². The van der Waals surface area contributed by atoms with Gasteiger partial charge in [0.15, 0.2) is 0 Å². The molecule has 1 atom stereocenters. The minimum atomic E-state index is -0.376. The van der Waals surface area contributed by atoms with Crippen LogP contribution in [0.3, 0.4) is 0 Å². The summed E-state index contributed by atoms with van der Waals surface area (Å²) in [6, 6.07) is 25.3. The van der Waals surface area contributed by atoms with Gasteiger partial charge in [-0.3, -0.25) is 0 Å². The second-order valence-corrected chi connectivity index (χ2v) is 8.37. The molecule has 0 saturated carbocycles. The van der Waals surface area contributed by atoms with Crippen LogP contribution < -0.4 is 5.32 Å². The molecule has 1 N–H and O–H groups in total. The van der Waals surface area contributed by atoms with Gasteiger partial charge in [-0.15, -0.1) is 0 Å². The topological polar surface area (TPSA) is 37.3 Å². The van der Waals surface area contributed by atoms with Gasteiger partial charge in [-0.1, -0.05) is 46.3 Å². The Morgan fingerprint density at radius 1 is 0.935 bits per heavy atom. The van der Waals surface area contributed by atoms with E-state index in [1.54, 1.807) is 17.0 Å². The Balaban J connectivity index is 1.62. The summed E-state index contributed by atoms with van der Waals surface area (Å²) in [6.45, 7) is 0.419. The van der Waals surface area contributed by atoms with Crippen LogP contribution in [0.25, 0.3) is 5.69 Å². The maximum absolute atomic E-state index is 13.7. The van der Waals surface area contributed by atoms with E-state index >= 15 is 0 Å². The lowest BCUT2D eigenvalue weighted by molar-refractivity contribution is 0.194. The van der Waals surface area contributed by atoms with Gasteiger partial charge in [0, 0.05) is 22.1 Å². The van der Waals surface area contributed by atoms with Crippen molar-refractivity contribution < 1.29 is 9.18 Å². The van der Waals surface area contributed by atoms with Crippen molar-refractivity contribution in [1.82, 2.24) is 9.47 Å². The minimum Gasteiger partial charge on any atom is -0.318 e. The number of amides is 2. The van der Waals surface area contributed by atoms with Gasteiger partial charge in [0.25, 0.3) is 0 Å². The number of hydrogen-bond donors (Lipinski definition) is 1. The average molecular weight is 476 g/mol. The summed E-state index contributed by atoms with van der Waals surface area (Å²) in [4.78, 5) is 15.3. The molecule has 1 aromatic heterocycles. The third-order valence-corrected chi connectivity index (χ3v) is 6.03. The second-order valence-electron chi connectivity index (χ2n) is 7.45. The number of urea groups is 1. The average Bonchev–Trinajstić information content (AvgIpc) is 3.20. The number of hydrogen-bond acceptors (Lipinski definition) is 1. The van der Waals surface area contributed by atoms with E-state index in [1.807, 2.05) is 60.8 Å². The molecule has 0 saturated heterocycles. The second kappa shape index (κ2) is 8.04. The molecule has 0 bridgehead atoms. The molecular weight excluding hydrogens is 457 g/mol. The molecule has 4 nitrogen and oxygen atoms in total. The van der Waals surface area contributed by atoms with E-state index in [-0.39, 0.29) is 17.9 Å². The number of nitrogens with zero attached hydrogens (tertiary/aromatic N) is 2. The summed E-state index contributed by atoms with van der Waals surface area (Å²) in [5, 5.41) is 3.01. The predicted molar refractivity (Wildman–Crippen MR) is 123 cm³/mol. The Morgan fingerprint density at radius 3 is 2.45 bits per heavy atom. The Hall–Kier alpha value is -3.38. The highest BCUT2D eigenvalue weighted by Gasteiger charge is 2.33. The molecule has 1 aliphatic rings. The fraction of sp³-hybridized carbons (Fsp3) is 0.0800. The Kier molecular flexibility index (Phi) is 5.08. The van der Waals surface area contributed by atoms with Crippen LogP contribution >= 0.6 is 15.9 Å². The first kappa shape index (κ1) is 19.6. The van der Waals surface area contributed by atoms with Crippen LogP contribution in [-0.2, 0) is 6.54 Å². The van der Waals surface area contributed by atoms with Crippen LogP contribution in [0.1, 0.15) is 22.9 Å². The molecule has 1 aliphatic heterocycles. The number of rotatable bonds is 2. The standard InChI is InChI=1S/C25H19BrFN3O/c26-19-9-13-21(14-10-19)28-25(31)30-16-18-4-1-2-5-22(18)29-15-3-6-23(29)24(30)17-7-11-20(27)12-8-17/h1-15,24H,16H2,(H,28,31)/t24-/m0/s1. The first-order valence-corrected chi connectivity index (χ1v) is 10.7. The fourth-order valence-corrected chi connectivity index (χ4v) is 4.33. The van der Waals surface area contributed by atoms with Crippen molar-refractivity contribution >= 4 is 27.6 Å². The van der Waals surface area contributed by atoms with E-state index in [0.717, 1.165) is 27.0 Å². The van der Waals surface area contributed by atoms with Crippen molar-refractivity contribution in [3.05, 3.63) is 118 Å². The van der Waals surface area contributed by atoms with Gasteiger partial charge in [0.05, 0.1) is 18.3 Å². The van der Waals surface area contributed by atoms with Gasteiger partial charge >= 0.3 is 6.03 Å². The smallest absolute Gasteiger partial charge is 0.318 e. The number of para-hydroxylation sites is 1. The van der Waals surface area contributed by atoms with Gasteiger partial charge in [0.1, 0.15) is 5.82 Å². The molecule has 0 unspecified atom stereocenters. The van der Waals surface area contributed by atoms with Gasteiger partial charge in [0.2, 0.25) is 0 Å². The molecule has 6 heteroatoms. The maximum atomic E-state index is 13.7. The van der Waals surface area contributed by atoms with Crippen LogP contribution in [0.5, 0.6) is 0 Å². The molecule has 4 aromatic rings. The van der Waals surface area contributed by atoms with Crippen molar-refractivity contribution in [3.8, 4) is 5.69 Å². The van der Waals surface area contributed by atoms with E-state index in [1.165, 1.54) is 12.1 Å². The third kappa shape index (κ3) is 3.75. The molecule has 0 aliphatic carbocycles. The van der Waals surface area contributed by atoms with Crippen molar-refractivity contribution in [3.63, 3.8) is 0 Å². The van der Waals surface area contributed by atoms with E-state index in [0.29, 0.717) is 12.2 Å². The molecule has 0 fully saturated rings. The molecule has 31 heavy (non-hydrogen) atoms. The molecule has 2 amide bonds. The molecule has 0 spiro atoms. The van der Waals surface area contributed by atoms with E-state index in [2.05, 4.69) is 31.9 Å². The van der Waals surface area contributed by atoms with Crippen molar-refractivity contribution in [2.24, 2.45) is 0 Å². The molecule has 5 rings (SSSR count). The lowest BCUT2D eigenvalue weighted by Crippen LogP contribution is -2.37. The van der Waals surface area contributed by atoms with Gasteiger partial charge in [-0.25, -0.2) is 9.18 Å². The van der Waals surface area contributed by atoms with Crippen molar-refractivity contribution in [2.45, 2.75) is 12.6 Å². The first-order chi connectivity index (χ1) is 15.1. The Morgan fingerprint density at radius 2 is 1.68 bits per heavy atom. The first-order valence-electron chi connectivity index (χ1n) is 9.94. The highest BCUT2D eigenvalue weighted by molar-refractivity contribution is 9.10. The Bertz CT molecular complexity index is 1230. The van der Waals surface area contributed by atoms with Crippen LogP contribution in [0, 0.1) is 5.82 Å².